The van der Waals surface area contributed by atoms with E-state index >= 15 is 0 Å². The number of amides is 1. The number of rotatable bonds is 4. The summed E-state index contributed by atoms with van der Waals surface area (Å²) in [6, 6.07) is 6.65. The van der Waals surface area contributed by atoms with E-state index in [9.17, 15) is 9.59 Å². The van der Waals surface area contributed by atoms with Crippen molar-refractivity contribution in [1.29, 1.82) is 0 Å². The minimum absolute atomic E-state index is 0.224. The molecule has 1 aromatic carbocycles. The van der Waals surface area contributed by atoms with E-state index in [1.807, 2.05) is 13.8 Å². The molecule has 1 amide bonds. The zero-order valence-electron chi connectivity index (χ0n) is 13.4. The molecule has 4 nitrogen and oxygen atoms in total. The summed E-state index contributed by atoms with van der Waals surface area (Å²) in [7, 11) is 0. The molecule has 0 spiro atoms. The number of aryl methyl sites for hydroxylation is 1. The monoisotopic (exact) mass is 351 g/mol. The summed E-state index contributed by atoms with van der Waals surface area (Å²) in [5.74, 6) is -0.740. The first-order chi connectivity index (χ1) is 10.8. The van der Waals surface area contributed by atoms with Crippen molar-refractivity contribution in [2.24, 2.45) is 0 Å². The third kappa shape index (κ3) is 4.12. The molecule has 0 bridgehead atoms. The van der Waals surface area contributed by atoms with Crippen LogP contribution >= 0.6 is 22.9 Å². The Morgan fingerprint density at radius 3 is 2.57 bits per heavy atom. The van der Waals surface area contributed by atoms with E-state index in [0.717, 1.165) is 10.4 Å². The van der Waals surface area contributed by atoms with Crippen molar-refractivity contribution in [2.75, 3.05) is 5.32 Å². The molecule has 0 radical (unpaired) electrons. The van der Waals surface area contributed by atoms with Gasteiger partial charge in [-0.2, -0.15) is 0 Å². The van der Waals surface area contributed by atoms with Crippen molar-refractivity contribution in [2.45, 2.75) is 33.8 Å². The molecule has 0 saturated heterocycles. The molecular formula is C17H18ClNO3S. The van der Waals surface area contributed by atoms with Crippen LogP contribution in [0.15, 0.2) is 24.3 Å². The number of nitrogens with one attached hydrogen (secondary N) is 1. The summed E-state index contributed by atoms with van der Waals surface area (Å²) in [6.45, 7) is 7.33. The molecule has 1 aromatic heterocycles. The number of carbonyl (C=O) groups excluding carboxylic acids is 2. The second-order valence-electron chi connectivity index (χ2n) is 5.41. The standard InChI is InChI=1S/C17H18ClNO3S/c1-9(2)22-17(21)14-10(3)11(4)23-16(14)19-15(20)12-6-5-7-13(18)8-12/h5-9H,1-4H3,(H,19,20). The summed E-state index contributed by atoms with van der Waals surface area (Å²) in [6.07, 6.45) is -0.224. The maximum atomic E-state index is 12.4. The summed E-state index contributed by atoms with van der Waals surface area (Å²) < 4.78 is 5.27. The Morgan fingerprint density at radius 1 is 1.26 bits per heavy atom. The van der Waals surface area contributed by atoms with Gasteiger partial charge in [-0.15, -0.1) is 11.3 Å². The average Bonchev–Trinajstić information content (AvgIpc) is 2.73. The number of thiophene rings is 1. The van der Waals surface area contributed by atoms with Gasteiger partial charge in [0.15, 0.2) is 0 Å². The maximum Gasteiger partial charge on any atom is 0.341 e. The van der Waals surface area contributed by atoms with Crippen molar-refractivity contribution in [3.8, 4) is 0 Å². The molecule has 1 heterocycles. The van der Waals surface area contributed by atoms with Gasteiger partial charge < -0.3 is 10.1 Å². The lowest BCUT2D eigenvalue weighted by Gasteiger charge is -2.10. The average molecular weight is 352 g/mol. The molecule has 0 fully saturated rings. The maximum absolute atomic E-state index is 12.4. The lowest BCUT2D eigenvalue weighted by Crippen LogP contribution is -2.16. The van der Waals surface area contributed by atoms with Crippen molar-refractivity contribution in [3.63, 3.8) is 0 Å². The van der Waals surface area contributed by atoms with Gasteiger partial charge in [0, 0.05) is 15.5 Å². The molecule has 0 unspecified atom stereocenters. The van der Waals surface area contributed by atoms with Gasteiger partial charge >= 0.3 is 5.97 Å². The molecule has 0 aliphatic rings. The van der Waals surface area contributed by atoms with E-state index < -0.39 is 5.97 Å². The van der Waals surface area contributed by atoms with E-state index in [1.165, 1.54) is 11.3 Å². The Labute approximate surface area is 144 Å². The highest BCUT2D eigenvalue weighted by Crippen LogP contribution is 2.33. The van der Waals surface area contributed by atoms with Crippen LogP contribution in [0.3, 0.4) is 0 Å². The van der Waals surface area contributed by atoms with E-state index in [0.29, 0.717) is 21.2 Å². The summed E-state index contributed by atoms with van der Waals surface area (Å²) >= 11 is 7.27. The normalized spacial score (nSPS) is 10.7. The number of benzene rings is 1. The Morgan fingerprint density at radius 2 is 1.96 bits per heavy atom. The topological polar surface area (TPSA) is 55.4 Å². The predicted molar refractivity (Wildman–Crippen MR) is 93.7 cm³/mol. The van der Waals surface area contributed by atoms with Gasteiger partial charge in [0.2, 0.25) is 0 Å². The molecule has 122 valence electrons. The SMILES string of the molecule is Cc1sc(NC(=O)c2cccc(Cl)c2)c(C(=O)OC(C)C)c1C. The minimum Gasteiger partial charge on any atom is -0.459 e. The summed E-state index contributed by atoms with van der Waals surface area (Å²) in [5, 5.41) is 3.77. The highest BCUT2D eigenvalue weighted by molar-refractivity contribution is 7.16. The number of halogens is 1. The first-order valence-electron chi connectivity index (χ1n) is 7.17. The minimum atomic E-state index is -0.428. The van der Waals surface area contributed by atoms with Crippen LogP contribution in [0.1, 0.15) is 45.0 Å². The Bertz CT molecular complexity index is 752. The number of carbonyl (C=O) groups is 2. The fourth-order valence-corrected chi connectivity index (χ4v) is 3.27. The lowest BCUT2D eigenvalue weighted by molar-refractivity contribution is 0.0379. The quantitative estimate of drug-likeness (QED) is 0.802. The highest BCUT2D eigenvalue weighted by Gasteiger charge is 2.23. The van der Waals surface area contributed by atoms with Gasteiger partial charge in [-0.1, -0.05) is 17.7 Å². The molecule has 23 heavy (non-hydrogen) atoms. The Balaban J connectivity index is 2.31. The zero-order valence-corrected chi connectivity index (χ0v) is 15.0. The van der Waals surface area contributed by atoms with Crippen molar-refractivity contribution < 1.29 is 14.3 Å². The molecule has 0 atom stereocenters. The van der Waals surface area contributed by atoms with Gasteiger partial charge in [0.05, 0.1) is 11.7 Å². The Hall–Kier alpha value is -1.85. The molecule has 6 heteroatoms. The smallest absolute Gasteiger partial charge is 0.341 e. The van der Waals surface area contributed by atoms with Crippen molar-refractivity contribution in [1.82, 2.24) is 0 Å². The number of ether oxygens (including phenoxy) is 1. The van der Waals surface area contributed by atoms with Gasteiger partial charge in [-0.25, -0.2) is 4.79 Å². The van der Waals surface area contributed by atoms with Gasteiger partial charge in [-0.3, -0.25) is 4.79 Å². The fourth-order valence-electron chi connectivity index (χ4n) is 2.04. The third-order valence-corrected chi connectivity index (χ3v) is 4.60. The molecule has 0 aliphatic carbocycles. The number of esters is 1. The van der Waals surface area contributed by atoms with Crippen LogP contribution in [0.4, 0.5) is 5.00 Å². The van der Waals surface area contributed by atoms with Gasteiger partial charge in [0.25, 0.3) is 5.91 Å². The second-order valence-corrected chi connectivity index (χ2v) is 7.07. The Kier molecular flexibility index (Phi) is 5.44. The zero-order chi connectivity index (χ0) is 17.1. The molecule has 1 N–H and O–H groups in total. The predicted octanol–water partition coefficient (Wildman–Crippen LogP) is 4.84. The second kappa shape index (κ2) is 7.15. The number of hydrogen-bond acceptors (Lipinski definition) is 4. The van der Waals surface area contributed by atoms with E-state index in [4.69, 9.17) is 16.3 Å². The van der Waals surface area contributed by atoms with Gasteiger partial charge in [-0.05, 0) is 51.5 Å². The molecule has 0 aliphatic heterocycles. The van der Waals surface area contributed by atoms with Gasteiger partial charge in [0.1, 0.15) is 5.00 Å². The van der Waals surface area contributed by atoms with Crippen LogP contribution in [-0.4, -0.2) is 18.0 Å². The van der Waals surface area contributed by atoms with Crippen molar-refractivity contribution in [3.05, 3.63) is 50.9 Å². The van der Waals surface area contributed by atoms with Crippen molar-refractivity contribution >= 4 is 39.8 Å². The van der Waals surface area contributed by atoms with Crippen LogP contribution in [0.5, 0.6) is 0 Å². The molecule has 0 saturated carbocycles. The first kappa shape index (κ1) is 17.5. The lowest BCUT2D eigenvalue weighted by atomic mass is 10.1. The van der Waals surface area contributed by atoms with Crippen LogP contribution in [0.25, 0.3) is 0 Å². The van der Waals surface area contributed by atoms with E-state index in [-0.39, 0.29) is 12.0 Å². The van der Waals surface area contributed by atoms with Crippen LogP contribution in [-0.2, 0) is 4.74 Å². The molecular weight excluding hydrogens is 334 g/mol. The number of anilines is 1. The highest BCUT2D eigenvalue weighted by atomic mass is 35.5. The first-order valence-corrected chi connectivity index (χ1v) is 8.37. The van der Waals surface area contributed by atoms with E-state index in [1.54, 1.807) is 38.1 Å². The van der Waals surface area contributed by atoms with Crippen LogP contribution < -0.4 is 5.32 Å². The largest absolute Gasteiger partial charge is 0.459 e. The van der Waals surface area contributed by atoms with Crippen LogP contribution in [0.2, 0.25) is 5.02 Å². The van der Waals surface area contributed by atoms with Crippen LogP contribution in [0, 0.1) is 13.8 Å². The van der Waals surface area contributed by atoms with E-state index in [2.05, 4.69) is 5.32 Å². The molecule has 2 rings (SSSR count). The number of hydrogen-bond donors (Lipinski definition) is 1. The molecule has 2 aromatic rings. The third-order valence-electron chi connectivity index (χ3n) is 3.25. The fraction of sp³-hybridized carbons (Fsp3) is 0.294. The summed E-state index contributed by atoms with van der Waals surface area (Å²) in [4.78, 5) is 25.6. The summed E-state index contributed by atoms with van der Waals surface area (Å²) in [5.41, 5.74) is 1.67.